The molecule has 2 aromatic rings. The van der Waals surface area contributed by atoms with E-state index in [1.54, 1.807) is 14.0 Å². The van der Waals surface area contributed by atoms with Crippen molar-refractivity contribution in [3.05, 3.63) is 64.7 Å². The number of hydrogen-bond donors (Lipinski definition) is 1. The van der Waals surface area contributed by atoms with Crippen molar-refractivity contribution in [2.24, 2.45) is 0 Å². The summed E-state index contributed by atoms with van der Waals surface area (Å²) in [6.45, 7) is 4.24. The molecule has 0 aliphatic heterocycles. The average molecular weight is 291 g/mol. The molecule has 4 heteroatoms. The molecule has 21 heavy (non-hydrogen) atoms. The van der Waals surface area contributed by atoms with Crippen LogP contribution in [0.4, 0.5) is 8.78 Å². The molecule has 0 saturated heterocycles. The molecule has 0 spiro atoms. The zero-order valence-electron chi connectivity index (χ0n) is 12.4. The number of hydrogen-bond acceptors (Lipinski definition) is 2. The zero-order valence-corrected chi connectivity index (χ0v) is 12.4. The van der Waals surface area contributed by atoms with Crippen molar-refractivity contribution in [3.8, 4) is 5.75 Å². The van der Waals surface area contributed by atoms with Gasteiger partial charge in [0, 0.05) is 18.2 Å². The third-order valence-corrected chi connectivity index (χ3v) is 3.50. The molecular weight excluding hydrogens is 272 g/mol. The Morgan fingerprint density at radius 2 is 1.81 bits per heavy atom. The second kappa shape index (κ2) is 6.68. The molecule has 0 aromatic heterocycles. The molecule has 0 aliphatic rings. The summed E-state index contributed by atoms with van der Waals surface area (Å²) in [4.78, 5) is 0. The molecule has 0 radical (unpaired) electrons. The minimum atomic E-state index is -0.527. The fourth-order valence-electron chi connectivity index (χ4n) is 2.35. The Kier molecular flexibility index (Phi) is 4.91. The maximum atomic E-state index is 13.7. The quantitative estimate of drug-likeness (QED) is 0.894. The Morgan fingerprint density at radius 1 is 1.14 bits per heavy atom. The number of benzene rings is 2. The van der Waals surface area contributed by atoms with Gasteiger partial charge < -0.3 is 10.1 Å². The molecule has 0 bridgehead atoms. The van der Waals surface area contributed by atoms with Crippen LogP contribution in [0.1, 0.15) is 29.7 Å². The fraction of sp³-hybridized carbons (Fsp3) is 0.294. The van der Waals surface area contributed by atoms with Crippen LogP contribution in [0.5, 0.6) is 5.75 Å². The van der Waals surface area contributed by atoms with Crippen LogP contribution in [0.3, 0.4) is 0 Å². The van der Waals surface area contributed by atoms with Crippen LogP contribution >= 0.6 is 0 Å². The van der Waals surface area contributed by atoms with Crippen molar-refractivity contribution in [2.75, 3.05) is 7.11 Å². The van der Waals surface area contributed by atoms with E-state index in [1.807, 2.05) is 25.1 Å². The molecule has 0 heterocycles. The highest BCUT2D eigenvalue weighted by atomic mass is 19.1. The largest absolute Gasteiger partial charge is 0.496 e. The molecule has 1 N–H and O–H groups in total. The summed E-state index contributed by atoms with van der Waals surface area (Å²) in [6, 6.07) is 9.32. The van der Waals surface area contributed by atoms with E-state index in [0.717, 1.165) is 16.9 Å². The standard InChI is InChI=1S/C17H19F2NO/c1-11-9-13(7-8-16(11)21-3)10-20-12(2)17-14(18)5-4-6-15(17)19/h4-9,12,20H,10H2,1-3H3. The molecule has 0 saturated carbocycles. The first-order valence-electron chi connectivity index (χ1n) is 6.83. The van der Waals surface area contributed by atoms with Gasteiger partial charge in [-0.25, -0.2) is 8.78 Å². The monoisotopic (exact) mass is 291 g/mol. The molecule has 1 atom stereocenters. The summed E-state index contributed by atoms with van der Waals surface area (Å²) in [5.41, 5.74) is 2.14. The van der Waals surface area contributed by atoms with Crippen molar-refractivity contribution < 1.29 is 13.5 Å². The van der Waals surface area contributed by atoms with E-state index < -0.39 is 17.7 Å². The Hall–Kier alpha value is -1.94. The first kappa shape index (κ1) is 15.4. The molecule has 1 unspecified atom stereocenters. The van der Waals surface area contributed by atoms with Gasteiger partial charge >= 0.3 is 0 Å². The van der Waals surface area contributed by atoms with Gasteiger partial charge in [-0.2, -0.15) is 0 Å². The van der Waals surface area contributed by atoms with Crippen LogP contribution in [0.15, 0.2) is 36.4 Å². The summed E-state index contributed by atoms with van der Waals surface area (Å²) in [6.07, 6.45) is 0. The topological polar surface area (TPSA) is 21.3 Å². The van der Waals surface area contributed by atoms with Gasteiger partial charge in [-0.15, -0.1) is 0 Å². The van der Waals surface area contributed by atoms with Crippen molar-refractivity contribution in [2.45, 2.75) is 26.4 Å². The van der Waals surface area contributed by atoms with Gasteiger partial charge in [0.25, 0.3) is 0 Å². The van der Waals surface area contributed by atoms with Crippen molar-refractivity contribution in [1.29, 1.82) is 0 Å². The Bertz CT molecular complexity index is 608. The highest BCUT2D eigenvalue weighted by Gasteiger charge is 2.15. The molecular formula is C17H19F2NO. The summed E-state index contributed by atoms with van der Waals surface area (Å²) in [5, 5.41) is 3.14. The smallest absolute Gasteiger partial charge is 0.130 e. The normalized spacial score (nSPS) is 12.2. The number of aryl methyl sites for hydroxylation is 1. The lowest BCUT2D eigenvalue weighted by Gasteiger charge is -2.16. The van der Waals surface area contributed by atoms with Crippen LogP contribution in [0.2, 0.25) is 0 Å². The van der Waals surface area contributed by atoms with Crippen LogP contribution in [0, 0.1) is 18.6 Å². The Labute approximate surface area is 123 Å². The predicted octanol–water partition coefficient (Wildman–Crippen LogP) is 4.13. The van der Waals surface area contributed by atoms with Crippen molar-refractivity contribution in [1.82, 2.24) is 5.32 Å². The summed E-state index contributed by atoms with van der Waals surface area (Å²) >= 11 is 0. The SMILES string of the molecule is COc1ccc(CNC(C)c2c(F)cccc2F)cc1C. The van der Waals surface area contributed by atoms with E-state index in [0.29, 0.717) is 6.54 Å². The number of nitrogens with one attached hydrogen (secondary N) is 1. The highest BCUT2D eigenvalue weighted by Crippen LogP contribution is 2.22. The van der Waals surface area contributed by atoms with Gasteiger partial charge in [-0.3, -0.25) is 0 Å². The van der Waals surface area contributed by atoms with E-state index >= 15 is 0 Å². The van der Waals surface area contributed by atoms with Crippen molar-refractivity contribution >= 4 is 0 Å². The van der Waals surface area contributed by atoms with Gasteiger partial charge in [-0.1, -0.05) is 18.2 Å². The molecule has 2 nitrogen and oxygen atoms in total. The zero-order chi connectivity index (χ0) is 15.4. The minimum Gasteiger partial charge on any atom is -0.496 e. The predicted molar refractivity (Wildman–Crippen MR) is 79.3 cm³/mol. The van der Waals surface area contributed by atoms with E-state index in [9.17, 15) is 8.78 Å². The van der Waals surface area contributed by atoms with E-state index in [4.69, 9.17) is 4.74 Å². The molecule has 2 rings (SSSR count). The number of halogens is 2. The average Bonchev–Trinajstić information content (AvgIpc) is 2.45. The molecule has 2 aromatic carbocycles. The van der Waals surface area contributed by atoms with Gasteiger partial charge in [0.15, 0.2) is 0 Å². The van der Waals surface area contributed by atoms with Crippen molar-refractivity contribution in [3.63, 3.8) is 0 Å². The summed E-state index contributed by atoms with van der Waals surface area (Å²) in [5.74, 6) is -0.228. The molecule has 112 valence electrons. The maximum absolute atomic E-state index is 13.7. The van der Waals surface area contributed by atoms with Gasteiger partial charge in [-0.05, 0) is 43.2 Å². The van der Waals surface area contributed by atoms with E-state index in [-0.39, 0.29) is 5.56 Å². The molecule has 0 fully saturated rings. The Balaban J connectivity index is 2.07. The first-order valence-corrected chi connectivity index (χ1v) is 6.83. The number of methoxy groups -OCH3 is 1. The summed E-state index contributed by atoms with van der Waals surface area (Å²) in [7, 11) is 1.63. The first-order chi connectivity index (χ1) is 10.0. The molecule has 0 amide bonds. The second-order valence-electron chi connectivity index (χ2n) is 5.04. The van der Waals surface area contributed by atoms with Gasteiger partial charge in [0.2, 0.25) is 0 Å². The minimum absolute atomic E-state index is 0.0720. The number of rotatable bonds is 5. The van der Waals surface area contributed by atoms with Crippen LogP contribution < -0.4 is 10.1 Å². The van der Waals surface area contributed by atoms with Gasteiger partial charge in [0.05, 0.1) is 7.11 Å². The maximum Gasteiger partial charge on any atom is 0.130 e. The number of ether oxygens (including phenoxy) is 1. The van der Waals surface area contributed by atoms with E-state index in [1.165, 1.54) is 18.2 Å². The van der Waals surface area contributed by atoms with Gasteiger partial charge in [0.1, 0.15) is 17.4 Å². The third kappa shape index (κ3) is 3.58. The molecule has 0 aliphatic carbocycles. The lowest BCUT2D eigenvalue weighted by atomic mass is 10.1. The third-order valence-electron chi connectivity index (χ3n) is 3.50. The summed E-state index contributed by atoms with van der Waals surface area (Å²) < 4.78 is 32.6. The highest BCUT2D eigenvalue weighted by molar-refractivity contribution is 5.36. The second-order valence-corrected chi connectivity index (χ2v) is 5.04. The van der Waals surface area contributed by atoms with Crippen LogP contribution in [-0.4, -0.2) is 7.11 Å². The lowest BCUT2D eigenvalue weighted by molar-refractivity contribution is 0.411. The van der Waals surface area contributed by atoms with E-state index in [2.05, 4.69) is 5.32 Å². The van der Waals surface area contributed by atoms with Crippen LogP contribution in [-0.2, 0) is 6.54 Å². The lowest BCUT2D eigenvalue weighted by Crippen LogP contribution is -2.20. The van der Waals surface area contributed by atoms with Crippen LogP contribution in [0.25, 0.3) is 0 Å². The fourth-order valence-corrected chi connectivity index (χ4v) is 2.35. The Morgan fingerprint density at radius 3 is 2.38 bits per heavy atom.